The van der Waals surface area contributed by atoms with Crippen LogP contribution in [0.2, 0.25) is 5.02 Å². The lowest BCUT2D eigenvalue weighted by Crippen LogP contribution is -2.05. The molecule has 1 aromatic carbocycles. The van der Waals surface area contributed by atoms with Crippen LogP contribution < -0.4 is 0 Å². The number of nitrogens with zero attached hydrogens (tertiary/aromatic N) is 2. The van der Waals surface area contributed by atoms with Crippen LogP contribution in [0.25, 0.3) is 28.0 Å². The van der Waals surface area contributed by atoms with E-state index in [0.29, 0.717) is 10.8 Å². The molecule has 0 amide bonds. The van der Waals surface area contributed by atoms with Crippen molar-refractivity contribution in [3.63, 3.8) is 0 Å². The van der Waals surface area contributed by atoms with Crippen molar-refractivity contribution in [1.82, 2.24) is 9.97 Å². The normalized spacial score (nSPS) is 13.1. The van der Waals surface area contributed by atoms with E-state index in [1.54, 1.807) is 17.4 Å². The van der Waals surface area contributed by atoms with E-state index >= 15 is 0 Å². The summed E-state index contributed by atoms with van der Waals surface area (Å²) >= 11 is 7.86. The lowest BCUT2D eigenvalue weighted by atomic mass is 9.97. The van der Waals surface area contributed by atoms with Crippen LogP contribution in [0.15, 0.2) is 41.8 Å². The van der Waals surface area contributed by atoms with Crippen molar-refractivity contribution >= 4 is 29.0 Å². The minimum atomic E-state index is -0.351. The Morgan fingerprint density at radius 1 is 1.17 bits per heavy atom. The van der Waals surface area contributed by atoms with Gasteiger partial charge in [0.15, 0.2) is 5.82 Å². The fourth-order valence-corrected chi connectivity index (χ4v) is 3.62. The number of rotatable bonds is 2. The van der Waals surface area contributed by atoms with Crippen molar-refractivity contribution in [2.75, 3.05) is 0 Å². The van der Waals surface area contributed by atoms with Crippen LogP contribution in [0.4, 0.5) is 4.39 Å². The lowest BCUT2D eigenvalue weighted by molar-refractivity contribution is 0.628. The molecular formula is C18H12ClFN2S. The Bertz CT molecular complexity index is 904. The number of thiophene rings is 1. The summed E-state index contributed by atoms with van der Waals surface area (Å²) in [5.74, 6) is 0.347. The first kappa shape index (κ1) is 14.5. The topological polar surface area (TPSA) is 25.8 Å². The van der Waals surface area contributed by atoms with Gasteiger partial charge in [0.25, 0.3) is 0 Å². The summed E-state index contributed by atoms with van der Waals surface area (Å²) in [6.07, 6.45) is 5.98. The summed E-state index contributed by atoms with van der Waals surface area (Å²) in [4.78, 5) is 10.5. The van der Waals surface area contributed by atoms with E-state index in [2.05, 4.69) is 6.08 Å². The molecule has 0 radical (unpaired) electrons. The molecule has 5 heteroatoms. The number of aryl methyl sites for hydroxylation is 1. The molecule has 0 fully saturated rings. The maximum atomic E-state index is 13.4. The van der Waals surface area contributed by atoms with Crippen molar-refractivity contribution in [3.05, 3.63) is 63.9 Å². The fraction of sp³-hybridized carbons (Fsp3) is 0.111. The minimum absolute atomic E-state index is 0.351. The molecule has 0 unspecified atom stereocenters. The third-order valence-electron chi connectivity index (χ3n) is 3.78. The highest BCUT2D eigenvalue weighted by Gasteiger charge is 2.19. The van der Waals surface area contributed by atoms with Gasteiger partial charge in [0.05, 0.1) is 21.3 Å². The molecule has 0 spiro atoms. The van der Waals surface area contributed by atoms with Gasteiger partial charge in [-0.15, -0.1) is 11.3 Å². The van der Waals surface area contributed by atoms with E-state index in [-0.39, 0.29) is 5.82 Å². The van der Waals surface area contributed by atoms with Crippen molar-refractivity contribution < 1.29 is 4.39 Å². The third kappa shape index (κ3) is 2.69. The highest BCUT2D eigenvalue weighted by Crippen LogP contribution is 2.35. The van der Waals surface area contributed by atoms with Crippen molar-refractivity contribution in [3.8, 4) is 22.0 Å². The predicted octanol–water partition coefficient (Wildman–Crippen LogP) is 5.62. The maximum absolute atomic E-state index is 13.4. The average Bonchev–Trinajstić information content (AvgIpc) is 3.08. The van der Waals surface area contributed by atoms with Crippen LogP contribution in [0, 0.1) is 5.82 Å². The number of hydrogen-bond acceptors (Lipinski definition) is 3. The summed E-state index contributed by atoms with van der Waals surface area (Å²) in [6, 6.07) is 8.39. The molecule has 0 atom stereocenters. The lowest BCUT2D eigenvalue weighted by Gasteiger charge is -2.16. The van der Waals surface area contributed by atoms with E-state index < -0.39 is 0 Å². The van der Waals surface area contributed by atoms with Gasteiger partial charge < -0.3 is 0 Å². The van der Waals surface area contributed by atoms with E-state index in [1.165, 1.54) is 12.1 Å². The summed E-state index contributed by atoms with van der Waals surface area (Å²) in [5.41, 5.74) is 3.49. The van der Waals surface area contributed by atoms with Crippen LogP contribution >= 0.6 is 22.9 Å². The van der Waals surface area contributed by atoms with E-state index in [9.17, 15) is 4.39 Å². The number of hydrogen-bond donors (Lipinski definition) is 0. The highest BCUT2D eigenvalue weighted by molar-refractivity contribution is 7.13. The van der Waals surface area contributed by atoms with Gasteiger partial charge in [-0.2, -0.15) is 0 Å². The first-order chi connectivity index (χ1) is 11.2. The Labute approximate surface area is 142 Å². The van der Waals surface area contributed by atoms with Crippen LogP contribution in [-0.4, -0.2) is 9.97 Å². The monoisotopic (exact) mass is 342 g/mol. The smallest absolute Gasteiger partial charge is 0.170 e. The highest BCUT2D eigenvalue weighted by atomic mass is 35.5. The second kappa shape index (κ2) is 5.87. The Kier molecular flexibility index (Phi) is 3.71. The van der Waals surface area contributed by atoms with Gasteiger partial charge in [-0.05, 0) is 42.5 Å². The van der Waals surface area contributed by atoms with Gasteiger partial charge in [-0.25, -0.2) is 14.4 Å². The number of benzene rings is 1. The van der Waals surface area contributed by atoms with Crippen LogP contribution in [-0.2, 0) is 6.42 Å². The molecule has 1 aliphatic carbocycles. The Morgan fingerprint density at radius 3 is 2.87 bits per heavy atom. The fourth-order valence-electron chi connectivity index (χ4n) is 2.71. The molecule has 0 saturated heterocycles. The van der Waals surface area contributed by atoms with E-state index in [0.717, 1.165) is 40.2 Å². The molecule has 114 valence electrons. The van der Waals surface area contributed by atoms with Crippen molar-refractivity contribution in [2.24, 2.45) is 0 Å². The van der Waals surface area contributed by atoms with Gasteiger partial charge in [0.2, 0.25) is 0 Å². The molecule has 2 aromatic heterocycles. The maximum Gasteiger partial charge on any atom is 0.170 e. The van der Waals surface area contributed by atoms with Crippen LogP contribution in [0.1, 0.15) is 17.7 Å². The Balaban J connectivity index is 1.97. The Hall–Kier alpha value is -2.04. The van der Waals surface area contributed by atoms with Gasteiger partial charge in [-0.1, -0.05) is 29.8 Å². The summed E-state index contributed by atoms with van der Waals surface area (Å²) in [6.45, 7) is 0. The average molecular weight is 343 g/mol. The molecule has 0 aliphatic heterocycles. The first-order valence-corrected chi connectivity index (χ1v) is 8.55. The third-order valence-corrected chi connectivity index (χ3v) is 4.96. The molecule has 2 heterocycles. The van der Waals surface area contributed by atoms with Gasteiger partial charge in [0.1, 0.15) is 5.82 Å². The summed E-state index contributed by atoms with van der Waals surface area (Å²) < 4.78 is 13.4. The zero-order chi connectivity index (χ0) is 15.8. The summed E-state index contributed by atoms with van der Waals surface area (Å²) in [7, 11) is 0. The molecular weight excluding hydrogens is 331 g/mol. The standard InChI is InChI=1S/C18H12ClFN2S/c19-14-10-11(20)7-8-12(14)17-13-4-1-2-5-15(13)21-18(22-17)16-6-3-9-23-16/h1,3-4,6-10H,2,5H2. The van der Waals surface area contributed by atoms with Crippen molar-refractivity contribution in [1.29, 1.82) is 0 Å². The number of fused-ring (bicyclic) bond motifs is 1. The summed E-state index contributed by atoms with van der Waals surface area (Å²) in [5, 5.41) is 2.37. The molecule has 0 bridgehead atoms. The predicted molar refractivity (Wildman–Crippen MR) is 93.1 cm³/mol. The van der Waals surface area contributed by atoms with Crippen molar-refractivity contribution in [2.45, 2.75) is 12.8 Å². The SMILES string of the molecule is Fc1ccc(-c2nc(-c3cccs3)nc3c2C=CCC3)c(Cl)c1. The van der Waals surface area contributed by atoms with Gasteiger partial charge in [0, 0.05) is 11.1 Å². The van der Waals surface area contributed by atoms with Gasteiger partial charge >= 0.3 is 0 Å². The molecule has 3 aromatic rings. The van der Waals surface area contributed by atoms with E-state index in [4.69, 9.17) is 21.6 Å². The molecule has 23 heavy (non-hydrogen) atoms. The number of aromatic nitrogens is 2. The number of halogens is 2. The largest absolute Gasteiger partial charge is 0.232 e. The first-order valence-electron chi connectivity index (χ1n) is 7.29. The zero-order valence-electron chi connectivity index (χ0n) is 12.1. The molecule has 2 nitrogen and oxygen atoms in total. The number of allylic oxidation sites excluding steroid dienone is 1. The van der Waals surface area contributed by atoms with Crippen LogP contribution in [0.5, 0.6) is 0 Å². The molecule has 0 saturated carbocycles. The molecule has 1 aliphatic rings. The quantitative estimate of drug-likeness (QED) is 0.603. The second-order valence-electron chi connectivity index (χ2n) is 5.30. The Morgan fingerprint density at radius 2 is 2.09 bits per heavy atom. The van der Waals surface area contributed by atoms with E-state index in [1.807, 2.05) is 23.6 Å². The zero-order valence-corrected chi connectivity index (χ0v) is 13.7. The minimum Gasteiger partial charge on any atom is -0.232 e. The second-order valence-corrected chi connectivity index (χ2v) is 6.65. The molecule has 4 rings (SSSR count). The van der Waals surface area contributed by atoms with Crippen LogP contribution in [0.3, 0.4) is 0 Å². The molecule has 0 N–H and O–H groups in total. The van der Waals surface area contributed by atoms with Gasteiger partial charge in [-0.3, -0.25) is 0 Å².